The van der Waals surface area contributed by atoms with Crippen LogP contribution in [0, 0.1) is 12.8 Å². The summed E-state index contributed by atoms with van der Waals surface area (Å²) in [5, 5.41) is 10.2. The van der Waals surface area contributed by atoms with E-state index in [-0.39, 0.29) is 0 Å². The fourth-order valence-electron chi connectivity index (χ4n) is 2.10. The minimum absolute atomic E-state index is 0.321. The number of H-pyrrole nitrogens is 1. The molecule has 2 fully saturated rings. The fourth-order valence-corrected chi connectivity index (χ4v) is 3.57. The number of hydrogen-bond acceptors (Lipinski definition) is 4. The van der Waals surface area contributed by atoms with Gasteiger partial charge in [-0.25, -0.2) is 13.1 Å². The molecule has 3 N–H and O–H groups in total. The molecule has 2 saturated carbocycles. The van der Waals surface area contributed by atoms with E-state index in [0.29, 0.717) is 41.3 Å². The lowest BCUT2D eigenvalue weighted by Crippen LogP contribution is -2.28. The third kappa shape index (κ3) is 3.16. The Hall–Kier alpha value is -0.920. The van der Waals surface area contributed by atoms with E-state index in [0.717, 1.165) is 12.8 Å². The SMILES string of the molecule is Cc1[nH]nc(CNC2CC2)c1S(=O)(=O)NCC1CC1. The van der Waals surface area contributed by atoms with E-state index in [1.807, 2.05) is 0 Å². The van der Waals surface area contributed by atoms with Crippen molar-refractivity contribution in [3.05, 3.63) is 11.4 Å². The Kier molecular flexibility index (Phi) is 3.36. The molecule has 2 aliphatic carbocycles. The molecule has 0 saturated heterocycles. The number of aromatic amines is 1. The summed E-state index contributed by atoms with van der Waals surface area (Å²) in [5.74, 6) is 0.523. The van der Waals surface area contributed by atoms with Gasteiger partial charge in [-0.3, -0.25) is 5.10 Å². The van der Waals surface area contributed by atoms with E-state index in [4.69, 9.17) is 0 Å². The second kappa shape index (κ2) is 4.88. The second-order valence-electron chi connectivity index (χ2n) is 5.57. The van der Waals surface area contributed by atoms with Gasteiger partial charge >= 0.3 is 0 Å². The van der Waals surface area contributed by atoms with E-state index in [9.17, 15) is 8.42 Å². The lowest BCUT2D eigenvalue weighted by Gasteiger charge is -2.08. The molecule has 0 aromatic carbocycles. The summed E-state index contributed by atoms with van der Waals surface area (Å²) < 4.78 is 27.3. The van der Waals surface area contributed by atoms with Crippen LogP contribution in [0.2, 0.25) is 0 Å². The van der Waals surface area contributed by atoms with Crippen molar-refractivity contribution in [2.75, 3.05) is 6.54 Å². The minimum Gasteiger partial charge on any atom is -0.308 e. The standard InChI is InChI=1S/C12H20N4O2S/c1-8-12(19(17,18)14-6-9-2-3-9)11(16-15-8)7-13-10-4-5-10/h9-10,13-14H,2-7H2,1H3,(H,15,16). The van der Waals surface area contributed by atoms with Gasteiger partial charge < -0.3 is 5.32 Å². The van der Waals surface area contributed by atoms with Gasteiger partial charge in [0.15, 0.2) is 0 Å². The third-order valence-corrected chi connectivity index (χ3v) is 5.25. The van der Waals surface area contributed by atoms with Crippen LogP contribution in [0.25, 0.3) is 0 Å². The average molecular weight is 284 g/mol. The first-order valence-electron chi connectivity index (χ1n) is 6.83. The van der Waals surface area contributed by atoms with Crippen LogP contribution in [0.4, 0.5) is 0 Å². The predicted octanol–water partition coefficient (Wildman–Crippen LogP) is 0.658. The maximum atomic E-state index is 12.3. The quantitative estimate of drug-likeness (QED) is 0.686. The molecule has 6 nitrogen and oxygen atoms in total. The summed E-state index contributed by atoms with van der Waals surface area (Å²) in [5.41, 5.74) is 1.20. The Bertz CT molecular complexity index is 558. The first-order valence-corrected chi connectivity index (χ1v) is 8.31. The third-order valence-electron chi connectivity index (χ3n) is 3.62. The zero-order valence-electron chi connectivity index (χ0n) is 11.1. The molecular weight excluding hydrogens is 264 g/mol. The molecule has 7 heteroatoms. The van der Waals surface area contributed by atoms with Crippen LogP contribution in [-0.2, 0) is 16.6 Å². The topological polar surface area (TPSA) is 86.9 Å². The average Bonchev–Trinajstić information content (AvgIpc) is 3.24. The van der Waals surface area contributed by atoms with Crippen LogP contribution in [0.5, 0.6) is 0 Å². The van der Waals surface area contributed by atoms with E-state index in [2.05, 4.69) is 20.2 Å². The molecule has 0 bridgehead atoms. The number of sulfonamides is 1. The van der Waals surface area contributed by atoms with Crippen LogP contribution in [0.3, 0.4) is 0 Å². The highest BCUT2D eigenvalue weighted by Crippen LogP contribution is 2.28. The summed E-state index contributed by atoms with van der Waals surface area (Å²) in [7, 11) is -3.44. The monoisotopic (exact) mass is 284 g/mol. The molecule has 1 aromatic heterocycles. The molecule has 0 radical (unpaired) electrons. The first kappa shape index (κ1) is 13.1. The normalized spacial score (nSPS) is 19.8. The lowest BCUT2D eigenvalue weighted by atomic mass is 10.3. The first-order chi connectivity index (χ1) is 9.06. The van der Waals surface area contributed by atoms with Crippen molar-refractivity contribution in [3.8, 4) is 0 Å². The van der Waals surface area contributed by atoms with Gasteiger partial charge in [0.25, 0.3) is 0 Å². The number of hydrogen-bond donors (Lipinski definition) is 3. The van der Waals surface area contributed by atoms with Gasteiger partial charge in [0.05, 0.1) is 11.4 Å². The smallest absolute Gasteiger partial charge is 0.244 e. The molecule has 0 unspecified atom stereocenters. The maximum absolute atomic E-state index is 12.3. The Morgan fingerprint density at radius 1 is 1.32 bits per heavy atom. The predicted molar refractivity (Wildman–Crippen MR) is 71.1 cm³/mol. The summed E-state index contributed by atoms with van der Waals surface area (Å²) in [6, 6.07) is 0.534. The molecule has 0 atom stereocenters. The molecule has 0 amide bonds. The second-order valence-corrected chi connectivity index (χ2v) is 7.28. The molecule has 106 valence electrons. The highest BCUT2D eigenvalue weighted by Gasteiger charge is 2.29. The highest BCUT2D eigenvalue weighted by molar-refractivity contribution is 7.89. The van der Waals surface area contributed by atoms with Crippen molar-refractivity contribution in [1.82, 2.24) is 20.2 Å². The largest absolute Gasteiger partial charge is 0.308 e. The van der Waals surface area contributed by atoms with E-state index < -0.39 is 10.0 Å². The van der Waals surface area contributed by atoms with Gasteiger partial charge in [-0.05, 0) is 38.5 Å². The van der Waals surface area contributed by atoms with Gasteiger partial charge in [0, 0.05) is 19.1 Å². The molecule has 1 aromatic rings. The van der Waals surface area contributed by atoms with Gasteiger partial charge in [-0.15, -0.1) is 0 Å². The van der Waals surface area contributed by atoms with Crippen molar-refractivity contribution >= 4 is 10.0 Å². The zero-order chi connectivity index (χ0) is 13.5. The van der Waals surface area contributed by atoms with Crippen molar-refractivity contribution in [1.29, 1.82) is 0 Å². The summed E-state index contributed by atoms with van der Waals surface area (Å²) in [4.78, 5) is 0.321. The van der Waals surface area contributed by atoms with Gasteiger partial charge in [0.2, 0.25) is 10.0 Å². The van der Waals surface area contributed by atoms with Crippen LogP contribution in [0.1, 0.15) is 37.1 Å². The van der Waals surface area contributed by atoms with Crippen LogP contribution < -0.4 is 10.0 Å². The molecule has 0 spiro atoms. The summed E-state index contributed by atoms with van der Waals surface area (Å²) >= 11 is 0. The number of rotatable bonds is 7. The van der Waals surface area contributed by atoms with Crippen LogP contribution in [-0.4, -0.2) is 31.2 Å². The van der Waals surface area contributed by atoms with Crippen LogP contribution >= 0.6 is 0 Å². The van der Waals surface area contributed by atoms with Gasteiger partial charge in [0.1, 0.15) is 4.90 Å². The van der Waals surface area contributed by atoms with Crippen molar-refractivity contribution in [2.24, 2.45) is 5.92 Å². The Morgan fingerprint density at radius 3 is 2.68 bits per heavy atom. The molecule has 3 rings (SSSR count). The lowest BCUT2D eigenvalue weighted by molar-refractivity contribution is 0.573. The molecule has 1 heterocycles. The summed E-state index contributed by atoms with van der Waals surface area (Å²) in [6.07, 6.45) is 4.60. The van der Waals surface area contributed by atoms with Crippen LogP contribution in [0.15, 0.2) is 4.90 Å². The van der Waals surface area contributed by atoms with Crippen molar-refractivity contribution in [2.45, 2.75) is 50.1 Å². The fraction of sp³-hybridized carbons (Fsp3) is 0.750. The maximum Gasteiger partial charge on any atom is 0.244 e. The number of nitrogens with zero attached hydrogens (tertiary/aromatic N) is 1. The van der Waals surface area contributed by atoms with E-state index >= 15 is 0 Å². The van der Waals surface area contributed by atoms with Crippen molar-refractivity contribution < 1.29 is 8.42 Å². The number of aromatic nitrogens is 2. The molecule has 0 aliphatic heterocycles. The number of nitrogens with one attached hydrogen (secondary N) is 3. The molecular formula is C12H20N4O2S. The van der Waals surface area contributed by atoms with E-state index in [1.54, 1.807) is 6.92 Å². The summed E-state index contributed by atoms with van der Waals surface area (Å²) in [6.45, 7) is 2.80. The Labute approximate surface area is 113 Å². The molecule has 19 heavy (non-hydrogen) atoms. The van der Waals surface area contributed by atoms with E-state index in [1.165, 1.54) is 12.8 Å². The zero-order valence-corrected chi connectivity index (χ0v) is 11.9. The highest BCUT2D eigenvalue weighted by atomic mass is 32.2. The van der Waals surface area contributed by atoms with Gasteiger partial charge in [-0.2, -0.15) is 5.10 Å². The molecule has 2 aliphatic rings. The van der Waals surface area contributed by atoms with Crippen molar-refractivity contribution in [3.63, 3.8) is 0 Å². The minimum atomic E-state index is -3.44. The Balaban J connectivity index is 1.74. The number of aryl methyl sites for hydroxylation is 1. The van der Waals surface area contributed by atoms with Gasteiger partial charge in [-0.1, -0.05) is 0 Å². The Morgan fingerprint density at radius 2 is 2.05 bits per heavy atom.